The maximum Gasteiger partial charge on any atom is 0.243 e. The summed E-state index contributed by atoms with van der Waals surface area (Å²) in [6, 6.07) is 2.70. The number of hydrogen-bond acceptors (Lipinski definition) is 5. The van der Waals surface area contributed by atoms with Crippen LogP contribution < -0.4 is 19.5 Å². The van der Waals surface area contributed by atoms with Crippen LogP contribution in [0.25, 0.3) is 0 Å². The number of halogens is 1. The average Bonchev–Trinajstić information content (AvgIpc) is 2.85. The summed E-state index contributed by atoms with van der Waals surface area (Å²) in [6.45, 7) is 0. The molecule has 128 valence electrons. The summed E-state index contributed by atoms with van der Waals surface area (Å²) in [6.07, 6.45) is 3.58. The van der Waals surface area contributed by atoms with Crippen molar-refractivity contribution in [3.05, 3.63) is 17.9 Å². The van der Waals surface area contributed by atoms with Gasteiger partial charge in [-0.1, -0.05) is 0 Å². The molecule has 0 radical (unpaired) electrons. The first-order valence-corrected chi connectivity index (χ1v) is 9.11. The third kappa shape index (κ3) is 3.29. The van der Waals surface area contributed by atoms with Gasteiger partial charge in [0.25, 0.3) is 0 Å². The van der Waals surface area contributed by atoms with Gasteiger partial charge in [0.05, 0.1) is 14.2 Å². The Kier molecular flexibility index (Phi) is 4.48. The van der Waals surface area contributed by atoms with Gasteiger partial charge >= 0.3 is 0 Å². The zero-order chi connectivity index (χ0) is 16.6. The Hall–Kier alpha value is -1.38. The Labute approximate surface area is 135 Å². The van der Waals surface area contributed by atoms with Gasteiger partial charge in [-0.2, -0.15) is 0 Å². The number of fused-ring (bicyclic) bond motifs is 2. The first-order valence-electron chi connectivity index (χ1n) is 7.63. The third-order valence-electron chi connectivity index (χ3n) is 4.52. The lowest BCUT2D eigenvalue weighted by atomic mass is 10.0. The van der Waals surface area contributed by atoms with E-state index in [4.69, 9.17) is 9.47 Å². The molecule has 6 nitrogen and oxygen atoms in total. The summed E-state index contributed by atoms with van der Waals surface area (Å²) in [5.74, 6) is -0.518. The number of methoxy groups -OCH3 is 2. The first kappa shape index (κ1) is 16.5. The predicted octanol–water partition coefficient (Wildman–Crippen LogP) is 1.40. The van der Waals surface area contributed by atoms with Gasteiger partial charge in [0.15, 0.2) is 11.5 Å². The summed E-state index contributed by atoms with van der Waals surface area (Å²) in [5.41, 5.74) is 0. The number of benzene rings is 1. The molecule has 2 fully saturated rings. The number of sulfonamides is 1. The highest BCUT2D eigenvalue weighted by atomic mass is 32.2. The molecule has 8 heteroatoms. The minimum atomic E-state index is -3.96. The molecular weight excluding hydrogens is 323 g/mol. The Morgan fingerprint density at radius 1 is 1.13 bits per heavy atom. The highest BCUT2D eigenvalue weighted by Crippen LogP contribution is 2.33. The summed E-state index contributed by atoms with van der Waals surface area (Å²) in [4.78, 5) is -0.416. The molecule has 2 saturated heterocycles. The first-order chi connectivity index (χ1) is 10.9. The van der Waals surface area contributed by atoms with Crippen LogP contribution in [0.2, 0.25) is 0 Å². The van der Waals surface area contributed by atoms with E-state index < -0.39 is 20.7 Å². The van der Waals surface area contributed by atoms with Gasteiger partial charge in [-0.15, -0.1) is 0 Å². The number of hydrogen-bond donors (Lipinski definition) is 2. The Bertz CT molecular complexity index is 683. The molecule has 0 spiro atoms. The van der Waals surface area contributed by atoms with Crippen LogP contribution in [0.1, 0.15) is 25.7 Å². The molecule has 0 aliphatic carbocycles. The number of ether oxygens (including phenoxy) is 2. The highest BCUT2D eigenvalue weighted by molar-refractivity contribution is 7.89. The molecule has 2 aliphatic heterocycles. The van der Waals surface area contributed by atoms with Crippen molar-refractivity contribution >= 4 is 10.0 Å². The average molecular weight is 344 g/mol. The van der Waals surface area contributed by atoms with E-state index in [-0.39, 0.29) is 17.5 Å². The summed E-state index contributed by atoms with van der Waals surface area (Å²) in [5, 5.41) is 3.45. The van der Waals surface area contributed by atoms with E-state index in [0.29, 0.717) is 12.1 Å². The van der Waals surface area contributed by atoms with Gasteiger partial charge in [0.2, 0.25) is 10.0 Å². The molecule has 2 aliphatic rings. The molecule has 0 saturated carbocycles. The van der Waals surface area contributed by atoms with E-state index in [9.17, 15) is 12.8 Å². The lowest BCUT2D eigenvalue weighted by molar-refractivity contribution is 0.343. The van der Waals surface area contributed by atoms with Crippen LogP contribution in [0.3, 0.4) is 0 Å². The van der Waals surface area contributed by atoms with E-state index in [0.717, 1.165) is 37.8 Å². The minimum absolute atomic E-state index is 0.156. The van der Waals surface area contributed by atoms with Gasteiger partial charge in [0.1, 0.15) is 10.7 Å². The number of nitrogens with one attached hydrogen (secondary N) is 2. The normalized spacial score (nSPS) is 27.0. The van der Waals surface area contributed by atoms with Crippen LogP contribution in [0.4, 0.5) is 4.39 Å². The molecule has 23 heavy (non-hydrogen) atoms. The molecular formula is C15H21FN2O4S. The maximum atomic E-state index is 14.2. The second kappa shape index (κ2) is 6.26. The SMILES string of the molecule is COc1cc(F)c(S(=O)(=O)NC2CC3CCC(C2)N3)cc1OC. The van der Waals surface area contributed by atoms with Crippen LogP contribution >= 0.6 is 0 Å². The van der Waals surface area contributed by atoms with Crippen LogP contribution in [-0.4, -0.2) is 40.8 Å². The number of piperidine rings is 1. The van der Waals surface area contributed by atoms with E-state index >= 15 is 0 Å². The van der Waals surface area contributed by atoms with Gasteiger partial charge in [0, 0.05) is 30.3 Å². The van der Waals surface area contributed by atoms with Gasteiger partial charge in [-0.25, -0.2) is 17.5 Å². The van der Waals surface area contributed by atoms with Crippen molar-refractivity contribution < 1.29 is 22.3 Å². The summed E-state index contributed by atoms with van der Waals surface area (Å²) < 4.78 is 52.0. The van der Waals surface area contributed by atoms with Crippen molar-refractivity contribution in [2.24, 2.45) is 0 Å². The lowest BCUT2D eigenvalue weighted by Gasteiger charge is -2.29. The molecule has 2 heterocycles. The zero-order valence-electron chi connectivity index (χ0n) is 13.1. The van der Waals surface area contributed by atoms with Crippen molar-refractivity contribution in [3.8, 4) is 11.5 Å². The fourth-order valence-corrected chi connectivity index (χ4v) is 4.81. The smallest absolute Gasteiger partial charge is 0.243 e. The minimum Gasteiger partial charge on any atom is -0.493 e. The standard InChI is InChI=1S/C15H21FN2O4S/c1-21-13-7-12(16)15(8-14(13)22-2)23(19,20)18-11-5-9-3-4-10(6-11)17-9/h7-11,17-18H,3-6H2,1-2H3. The van der Waals surface area contributed by atoms with E-state index in [2.05, 4.69) is 10.0 Å². The molecule has 2 N–H and O–H groups in total. The summed E-state index contributed by atoms with van der Waals surface area (Å²) >= 11 is 0. The van der Waals surface area contributed by atoms with E-state index in [1.807, 2.05) is 0 Å². The topological polar surface area (TPSA) is 76.7 Å². The maximum absolute atomic E-state index is 14.2. The molecule has 1 aromatic carbocycles. The summed E-state index contributed by atoms with van der Waals surface area (Å²) in [7, 11) is -1.21. The van der Waals surface area contributed by atoms with E-state index in [1.165, 1.54) is 14.2 Å². The zero-order valence-corrected chi connectivity index (χ0v) is 14.0. The van der Waals surface area contributed by atoms with Crippen molar-refractivity contribution in [1.29, 1.82) is 0 Å². The van der Waals surface area contributed by atoms with E-state index in [1.54, 1.807) is 0 Å². The molecule has 0 amide bonds. The largest absolute Gasteiger partial charge is 0.493 e. The monoisotopic (exact) mass is 344 g/mol. The quantitative estimate of drug-likeness (QED) is 0.844. The van der Waals surface area contributed by atoms with Gasteiger partial charge in [-0.05, 0) is 25.7 Å². The molecule has 0 aromatic heterocycles. The fraction of sp³-hybridized carbons (Fsp3) is 0.600. The molecule has 3 rings (SSSR count). The third-order valence-corrected chi connectivity index (χ3v) is 6.06. The fourth-order valence-electron chi connectivity index (χ4n) is 3.48. The molecule has 2 bridgehead atoms. The van der Waals surface area contributed by atoms with Gasteiger partial charge < -0.3 is 14.8 Å². The highest BCUT2D eigenvalue weighted by Gasteiger charge is 2.36. The Morgan fingerprint density at radius 2 is 1.70 bits per heavy atom. The second-order valence-corrected chi connectivity index (χ2v) is 7.75. The van der Waals surface area contributed by atoms with Crippen LogP contribution in [0, 0.1) is 5.82 Å². The Morgan fingerprint density at radius 3 is 2.26 bits per heavy atom. The van der Waals surface area contributed by atoms with Crippen molar-refractivity contribution in [2.45, 2.75) is 48.7 Å². The second-order valence-electron chi connectivity index (χ2n) is 6.07. The predicted molar refractivity (Wildman–Crippen MR) is 82.8 cm³/mol. The molecule has 1 aromatic rings. The Balaban J connectivity index is 1.84. The molecule has 2 atom stereocenters. The van der Waals surface area contributed by atoms with Crippen LogP contribution in [0.15, 0.2) is 17.0 Å². The lowest BCUT2D eigenvalue weighted by Crippen LogP contribution is -2.48. The van der Waals surface area contributed by atoms with Gasteiger partial charge in [-0.3, -0.25) is 0 Å². The number of rotatable bonds is 5. The van der Waals surface area contributed by atoms with Crippen molar-refractivity contribution in [2.75, 3.05) is 14.2 Å². The molecule has 2 unspecified atom stereocenters. The van der Waals surface area contributed by atoms with Crippen LogP contribution in [-0.2, 0) is 10.0 Å². The van der Waals surface area contributed by atoms with Crippen molar-refractivity contribution in [1.82, 2.24) is 10.0 Å². The van der Waals surface area contributed by atoms with Crippen molar-refractivity contribution in [3.63, 3.8) is 0 Å². The van der Waals surface area contributed by atoms with Crippen LogP contribution in [0.5, 0.6) is 11.5 Å².